The molecule has 9 nitrogen and oxygen atoms in total. The number of hydrazone groups is 1. The second-order valence-corrected chi connectivity index (χ2v) is 4.29. The van der Waals surface area contributed by atoms with Crippen molar-refractivity contribution in [3.8, 4) is 0 Å². The molecule has 0 saturated carbocycles. The van der Waals surface area contributed by atoms with Gasteiger partial charge in [-0.15, -0.1) is 0 Å². The van der Waals surface area contributed by atoms with E-state index in [9.17, 15) is 25.0 Å². The molecule has 0 spiro atoms. The summed E-state index contributed by atoms with van der Waals surface area (Å²) in [6.45, 7) is 0. The van der Waals surface area contributed by atoms with Gasteiger partial charge in [0.25, 0.3) is 17.3 Å². The first-order valence-electron chi connectivity index (χ1n) is 6.31. The van der Waals surface area contributed by atoms with E-state index < -0.39 is 15.8 Å². The molecular formula is C14H10N4O5. The molecule has 2 aromatic carbocycles. The van der Waals surface area contributed by atoms with Crippen molar-refractivity contribution in [3.05, 3.63) is 79.9 Å². The molecule has 116 valence electrons. The van der Waals surface area contributed by atoms with Gasteiger partial charge in [0.1, 0.15) is 5.56 Å². The van der Waals surface area contributed by atoms with E-state index in [1.165, 1.54) is 42.5 Å². The average molecular weight is 314 g/mol. The molecule has 2 rings (SSSR count). The third kappa shape index (κ3) is 3.73. The van der Waals surface area contributed by atoms with E-state index in [4.69, 9.17) is 0 Å². The molecule has 0 fully saturated rings. The number of nitrogens with one attached hydrogen (secondary N) is 1. The lowest BCUT2D eigenvalue weighted by molar-refractivity contribution is -0.385. The van der Waals surface area contributed by atoms with E-state index in [1.807, 2.05) is 0 Å². The van der Waals surface area contributed by atoms with Gasteiger partial charge in [-0.2, -0.15) is 5.10 Å². The van der Waals surface area contributed by atoms with E-state index in [2.05, 4.69) is 10.5 Å². The number of para-hydroxylation sites is 2. The monoisotopic (exact) mass is 314 g/mol. The van der Waals surface area contributed by atoms with Gasteiger partial charge >= 0.3 is 0 Å². The molecule has 0 unspecified atom stereocenters. The van der Waals surface area contributed by atoms with Crippen molar-refractivity contribution in [2.24, 2.45) is 5.10 Å². The Labute approximate surface area is 129 Å². The Morgan fingerprint density at radius 3 is 2.17 bits per heavy atom. The topological polar surface area (TPSA) is 128 Å². The van der Waals surface area contributed by atoms with Gasteiger partial charge in [0.2, 0.25) is 0 Å². The SMILES string of the molecule is O=C(NN=Cc1ccccc1[N+](=O)[O-])c1ccccc1[N+](=O)[O-]. The summed E-state index contributed by atoms with van der Waals surface area (Å²) in [5.74, 6) is -0.785. The molecule has 2 aromatic rings. The Morgan fingerprint density at radius 1 is 0.957 bits per heavy atom. The molecule has 1 N–H and O–H groups in total. The number of nitro benzene ring substituents is 2. The first kappa shape index (κ1) is 15.8. The van der Waals surface area contributed by atoms with Crippen molar-refractivity contribution < 1.29 is 14.6 Å². The zero-order valence-electron chi connectivity index (χ0n) is 11.6. The van der Waals surface area contributed by atoms with E-state index in [-0.39, 0.29) is 22.5 Å². The molecule has 0 aromatic heterocycles. The number of hydrogen-bond acceptors (Lipinski definition) is 6. The second kappa shape index (κ2) is 6.89. The van der Waals surface area contributed by atoms with E-state index in [0.717, 1.165) is 6.21 Å². The Kier molecular flexibility index (Phi) is 4.72. The molecule has 0 bridgehead atoms. The van der Waals surface area contributed by atoms with E-state index >= 15 is 0 Å². The second-order valence-electron chi connectivity index (χ2n) is 4.29. The third-order valence-electron chi connectivity index (χ3n) is 2.85. The summed E-state index contributed by atoms with van der Waals surface area (Å²) in [5.41, 5.74) is 1.63. The quantitative estimate of drug-likeness (QED) is 0.514. The highest BCUT2D eigenvalue weighted by atomic mass is 16.6. The normalized spacial score (nSPS) is 10.4. The first-order valence-corrected chi connectivity index (χ1v) is 6.31. The zero-order valence-corrected chi connectivity index (χ0v) is 11.6. The van der Waals surface area contributed by atoms with Gasteiger partial charge in [-0.3, -0.25) is 25.0 Å². The van der Waals surface area contributed by atoms with Gasteiger partial charge in [-0.25, -0.2) is 5.43 Å². The van der Waals surface area contributed by atoms with Crippen LogP contribution in [0.5, 0.6) is 0 Å². The third-order valence-corrected chi connectivity index (χ3v) is 2.85. The van der Waals surface area contributed by atoms with Crippen molar-refractivity contribution in [2.45, 2.75) is 0 Å². The van der Waals surface area contributed by atoms with Crippen molar-refractivity contribution in [1.29, 1.82) is 0 Å². The van der Waals surface area contributed by atoms with Crippen molar-refractivity contribution in [3.63, 3.8) is 0 Å². The molecule has 9 heteroatoms. The van der Waals surface area contributed by atoms with Crippen molar-refractivity contribution in [2.75, 3.05) is 0 Å². The Balaban J connectivity index is 2.17. The van der Waals surface area contributed by atoms with Crippen LogP contribution >= 0.6 is 0 Å². The fourth-order valence-corrected chi connectivity index (χ4v) is 1.81. The van der Waals surface area contributed by atoms with Crippen LogP contribution < -0.4 is 5.43 Å². The maximum atomic E-state index is 11.9. The predicted molar refractivity (Wildman–Crippen MR) is 81.3 cm³/mol. The van der Waals surface area contributed by atoms with Crippen LogP contribution in [0.1, 0.15) is 15.9 Å². The lowest BCUT2D eigenvalue weighted by Gasteiger charge is -2.01. The summed E-state index contributed by atoms with van der Waals surface area (Å²) in [6, 6.07) is 11.2. The summed E-state index contributed by atoms with van der Waals surface area (Å²) in [7, 11) is 0. The maximum Gasteiger partial charge on any atom is 0.282 e. The average Bonchev–Trinajstić information content (AvgIpc) is 2.55. The number of benzene rings is 2. The smallest absolute Gasteiger partial charge is 0.267 e. The summed E-state index contributed by atoms with van der Waals surface area (Å²) in [4.78, 5) is 32.4. The number of nitrogens with zero attached hydrogens (tertiary/aromatic N) is 3. The minimum atomic E-state index is -0.785. The van der Waals surface area contributed by atoms with Crippen molar-refractivity contribution >= 4 is 23.5 Å². The summed E-state index contributed by atoms with van der Waals surface area (Å²) in [6.07, 6.45) is 1.10. The van der Waals surface area contributed by atoms with Gasteiger partial charge < -0.3 is 0 Å². The molecule has 23 heavy (non-hydrogen) atoms. The van der Waals surface area contributed by atoms with Crippen LogP contribution in [-0.4, -0.2) is 22.0 Å². The molecule has 0 radical (unpaired) electrons. The minimum Gasteiger partial charge on any atom is -0.267 e. The Bertz CT molecular complexity index is 803. The number of hydrogen-bond donors (Lipinski definition) is 1. The van der Waals surface area contributed by atoms with Crippen LogP contribution in [0.15, 0.2) is 53.6 Å². The molecular weight excluding hydrogens is 304 g/mol. The molecule has 0 aliphatic carbocycles. The number of nitro groups is 2. The number of amides is 1. The standard InChI is InChI=1S/C14H10N4O5/c19-14(11-6-2-4-8-13(11)18(22)23)16-15-9-10-5-1-3-7-12(10)17(20)21/h1-9H,(H,16,19). The molecule has 0 aliphatic rings. The number of rotatable bonds is 5. The summed E-state index contributed by atoms with van der Waals surface area (Å²) < 4.78 is 0. The fraction of sp³-hybridized carbons (Fsp3) is 0. The van der Waals surface area contributed by atoms with Gasteiger partial charge in [-0.05, 0) is 12.1 Å². The van der Waals surface area contributed by atoms with Gasteiger partial charge in [-0.1, -0.05) is 24.3 Å². The van der Waals surface area contributed by atoms with Crippen LogP contribution in [0.3, 0.4) is 0 Å². The maximum absolute atomic E-state index is 11.9. The van der Waals surface area contributed by atoms with E-state index in [1.54, 1.807) is 6.07 Å². The van der Waals surface area contributed by atoms with Gasteiger partial charge in [0.05, 0.1) is 21.6 Å². The van der Waals surface area contributed by atoms with Crippen LogP contribution in [0.25, 0.3) is 0 Å². The highest BCUT2D eigenvalue weighted by molar-refractivity contribution is 5.98. The summed E-state index contributed by atoms with van der Waals surface area (Å²) in [5, 5.41) is 25.3. The largest absolute Gasteiger partial charge is 0.282 e. The van der Waals surface area contributed by atoms with E-state index in [0.29, 0.717) is 0 Å². The minimum absolute atomic E-state index is 0.155. The predicted octanol–water partition coefficient (Wildman–Crippen LogP) is 2.27. The fourth-order valence-electron chi connectivity index (χ4n) is 1.81. The van der Waals surface area contributed by atoms with Crippen LogP contribution in [-0.2, 0) is 0 Å². The molecule has 0 atom stereocenters. The lowest BCUT2D eigenvalue weighted by Crippen LogP contribution is -2.19. The number of carbonyl (C=O) groups excluding carboxylic acids is 1. The number of carbonyl (C=O) groups is 1. The first-order chi connectivity index (χ1) is 11.0. The molecule has 0 aliphatic heterocycles. The van der Waals surface area contributed by atoms with Gasteiger partial charge in [0.15, 0.2) is 0 Å². The Morgan fingerprint density at radius 2 is 1.52 bits per heavy atom. The Hall–Kier alpha value is -3.62. The van der Waals surface area contributed by atoms with Crippen LogP contribution in [0, 0.1) is 20.2 Å². The zero-order chi connectivity index (χ0) is 16.8. The molecule has 0 saturated heterocycles. The molecule has 1 amide bonds. The highest BCUT2D eigenvalue weighted by Crippen LogP contribution is 2.17. The van der Waals surface area contributed by atoms with Crippen LogP contribution in [0.4, 0.5) is 11.4 Å². The highest BCUT2D eigenvalue weighted by Gasteiger charge is 2.18. The lowest BCUT2D eigenvalue weighted by atomic mass is 10.2. The molecule has 0 heterocycles. The van der Waals surface area contributed by atoms with Gasteiger partial charge in [0, 0.05) is 12.1 Å². The van der Waals surface area contributed by atoms with Crippen LogP contribution in [0.2, 0.25) is 0 Å². The summed E-state index contributed by atoms with van der Waals surface area (Å²) >= 11 is 0. The van der Waals surface area contributed by atoms with Crippen molar-refractivity contribution in [1.82, 2.24) is 5.43 Å².